The maximum Gasteiger partial charge on any atom is 0.0908 e. The first kappa shape index (κ1) is 23.4. The second-order valence-corrected chi connectivity index (χ2v) is 8.89. The average molecular weight is 448 g/mol. The average Bonchev–Trinajstić information content (AvgIpc) is 2.73. The normalized spacial score (nSPS) is 19.0. The van der Waals surface area contributed by atoms with E-state index in [0.29, 0.717) is 0 Å². The molecule has 0 radical (unpaired) electrons. The molecule has 1 aliphatic rings. The van der Waals surface area contributed by atoms with Crippen molar-refractivity contribution in [3.63, 3.8) is 0 Å². The Morgan fingerprint density at radius 2 is 1.54 bits per heavy atom. The lowest BCUT2D eigenvalue weighted by molar-refractivity contribution is -0.0105. The number of halogens is 1. The third-order valence-corrected chi connectivity index (χ3v) is 6.14. The first-order valence-corrected chi connectivity index (χ1v) is 12.6. The van der Waals surface area contributed by atoms with E-state index in [2.05, 4.69) is 71.4 Å². The molecule has 1 unspecified atom stereocenters. The van der Waals surface area contributed by atoms with Crippen molar-refractivity contribution in [1.29, 1.82) is 0 Å². The van der Waals surface area contributed by atoms with Crippen LogP contribution in [0.4, 0.5) is 0 Å². The lowest BCUT2D eigenvalue weighted by Gasteiger charge is -2.32. The number of hydrogen-bond donors (Lipinski definition) is 0. The van der Waals surface area contributed by atoms with Crippen LogP contribution in [0.15, 0.2) is 48.6 Å². The number of hydrogen-bond acceptors (Lipinski definition) is 1. The van der Waals surface area contributed by atoms with Gasteiger partial charge in [-0.25, -0.2) is 0 Å². The van der Waals surface area contributed by atoms with Crippen molar-refractivity contribution in [2.45, 2.75) is 89.6 Å². The van der Waals surface area contributed by atoms with Gasteiger partial charge in [0, 0.05) is 11.9 Å². The summed E-state index contributed by atoms with van der Waals surface area (Å²) in [6, 6.07) is 10.6. The summed E-state index contributed by atoms with van der Waals surface area (Å²) >= 11 is 3.62. The molecule has 0 aromatic heterocycles. The van der Waals surface area contributed by atoms with Gasteiger partial charge in [0.15, 0.2) is 0 Å². The summed E-state index contributed by atoms with van der Waals surface area (Å²) in [5.41, 5.74) is 2.48. The van der Waals surface area contributed by atoms with Gasteiger partial charge in [0.2, 0.25) is 0 Å². The molecule has 2 heteroatoms. The van der Waals surface area contributed by atoms with Gasteiger partial charge < -0.3 is 4.74 Å². The minimum Gasteiger partial charge on any atom is -0.371 e. The van der Waals surface area contributed by atoms with Crippen LogP contribution in [0, 0.1) is 0 Å². The fourth-order valence-electron chi connectivity index (χ4n) is 3.89. The minimum absolute atomic E-state index is 0.124. The quantitative estimate of drug-likeness (QED) is 0.193. The minimum atomic E-state index is -0.124. The number of ether oxygens (including phenoxy) is 1. The van der Waals surface area contributed by atoms with Gasteiger partial charge in [-0.3, -0.25) is 0 Å². The van der Waals surface area contributed by atoms with E-state index in [-0.39, 0.29) is 5.60 Å². The van der Waals surface area contributed by atoms with E-state index in [1.54, 1.807) is 0 Å². The highest BCUT2D eigenvalue weighted by atomic mass is 79.9. The summed E-state index contributed by atoms with van der Waals surface area (Å²) < 4.78 is 6.41. The van der Waals surface area contributed by atoms with E-state index in [9.17, 15) is 0 Å². The Bertz CT molecular complexity index is 577. The molecule has 0 heterocycles. The fourth-order valence-corrected chi connectivity index (χ4v) is 4.57. The van der Waals surface area contributed by atoms with Crippen LogP contribution in [0.1, 0.15) is 89.5 Å². The molecule has 156 valence electrons. The van der Waals surface area contributed by atoms with Gasteiger partial charge >= 0.3 is 0 Å². The molecule has 0 saturated carbocycles. The van der Waals surface area contributed by atoms with E-state index in [0.717, 1.165) is 24.8 Å². The Balaban J connectivity index is 1.63. The molecule has 1 atom stereocenters. The molecule has 0 aliphatic heterocycles. The van der Waals surface area contributed by atoms with Crippen molar-refractivity contribution in [3.8, 4) is 0 Å². The van der Waals surface area contributed by atoms with Crippen LogP contribution in [-0.4, -0.2) is 17.5 Å². The molecule has 28 heavy (non-hydrogen) atoms. The second-order valence-electron chi connectivity index (χ2n) is 8.10. The number of rotatable bonds is 15. The molecule has 1 aliphatic carbocycles. The molecule has 0 amide bonds. The molecule has 1 aromatic carbocycles. The van der Waals surface area contributed by atoms with Gasteiger partial charge in [0.1, 0.15) is 0 Å². The van der Waals surface area contributed by atoms with E-state index in [4.69, 9.17) is 4.74 Å². The molecule has 0 saturated heterocycles. The smallest absolute Gasteiger partial charge is 0.0908 e. The van der Waals surface area contributed by atoms with Crippen molar-refractivity contribution in [2.24, 2.45) is 0 Å². The van der Waals surface area contributed by atoms with Crippen LogP contribution >= 0.6 is 15.9 Å². The lowest BCUT2D eigenvalue weighted by atomic mass is 9.87. The molecule has 2 rings (SSSR count). The van der Waals surface area contributed by atoms with Gasteiger partial charge in [-0.1, -0.05) is 129 Å². The van der Waals surface area contributed by atoms with E-state index < -0.39 is 0 Å². The summed E-state index contributed by atoms with van der Waals surface area (Å²) in [6.45, 7) is 3.16. The Labute approximate surface area is 181 Å². The number of unbranched alkanes of at least 4 members (excludes halogenated alkanes) is 9. The fraction of sp³-hybridized carbons (Fsp3) is 0.615. The second kappa shape index (κ2) is 14.2. The van der Waals surface area contributed by atoms with Gasteiger partial charge in [-0.05, 0) is 30.4 Å². The van der Waals surface area contributed by atoms with Crippen LogP contribution in [0.25, 0.3) is 5.57 Å². The molecular weight excluding hydrogens is 408 g/mol. The highest BCUT2D eigenvalue weighted by molar-refractivity contribution is 9.09. The zero-order chi connectivity index (χ0) is 19.9. The monoisotopic (exact) mass is 446 g/mol. The van der Waals surface area contributed by atoms with Gasteiger partial charge in [-0.15, -0.1) is 0 Å². The first-order valence-electron chi connectivity index (χ1n) is 11.4. The predicted molar refractivity (Wildman–Crippen MR) is 127 cm³/mol. The van der Waals surface area contributed by atoms with Gasteiger partial charge in [0.05, 0.1) is 5.60 Å². The van der Waals surface area contributed by atoms with Crippen molar-refractivity contribution < 1.29 is 4.74 Å². The summed E-state index contributed by atoms with van der Waals surface area (Å²) in [7, 11) is 0. The Hall–Kier alpha value is -0.860. The van der Waals surface area contributed by atoms with Crippen LogP contribution in [0.2, 0.25) is 0 Å². The Morgan fingerprint density at radius 3 is 2.11 bits per heavy atom. The Kier molecular flexibility index (Phi) is 11.9. The maximum absolute atomic E-state index is 6.41. The van der Waals surface area contributed by atoms with Crippen LogP contribution in [0.3, 0.4) is 0 Å². The summed E-state index contributed by atoms with van der Waals surface area (Å²) in [5.74, 6) is 0. The molecule has 1 nitrogen and oxygen atoms in total. The van der Waals surface area contributed by atoms with Crippen molar-refractivity contribution in [1.82, 2.24) is 0 Å². The summed E-state index contributed by atoms with van der Waals surface area (Å²) in [6.07, 6.45) is 22.6. The van der Waals surface area contributed by atoms with E-state index in [1.807, 2.05) is 0 Å². The number of alkyl halides is 1. The zero-order valence-electron chi connectivity index (χ0n) is 17.8. The van der Waals surface area contributed by atoms with Crippen LogP contribution in [0.5, 0.6) is 0 Å². The predicted octanol–water partition coefficient (Wildman–Crippen LogP) is 8.49. The molecule has 1 aromatic rings. The lowest BCUT2D eigenvalue weighted by Crippen LogP contribution is -2.32. The van der Waals surface area contributed by atoms with Gasteiger partial charge in [0.25, 0.3) is 0 Å². The first-order chi connectivity index (χ1) is 13.8. The van der Waals surface area contributed by atoms with E-state index >= 15 is 0 Å². The molecule has 0 bridgehead atoms. The molecular formula is C26H39BrO. The van der Waals surface area contributed by atoms with Crippen molar-refractivity contribution in [3.05, 3.63) is 54.1 Å². The van der Waals surface area contributed by atoms with Crippen molar-refractivity contribution >= 4 is 21.5 Å². The maximum atomic E-state index is 6.41. The third kappa shape index (κ3) is 8.66. The highest BCUT2D eigenvalue weighted by Crippen LogP contribution is 2.32. The Morgan fingerprint density at radius 1 is 0.893 bits per heavy atom. The molecule has 0 spiro atoms. The third-order valence-electron chi connectivity index (χ3n) is 5.75. The van der Waals surface area contributed by atoms with Gasteiger partial charge in [-0.2, -0.15) is 0 Å². The molecule has 0 fully saturated rings. The van der Waals surface area contributed by atoms with Crippen molar-refractivity contribution in [2.75, 3.05) is 11.9 Å². The standard InChI is InChI=1S/C26H39BrO/c1-2-3-4-5-6-7-8-9-10-14-23-28-26(21-22-27)19-17-25(18-20-26)24-15-12-11-13-16-24/h11-13,15-19H,2-10,14,20-23H2,1H3. The largest absolute Gasteiger partial charge is 0.371 e. The summed E-state index contributed by atoms with van der Waals surface area (Å²) in [4.78, 5) is 0. The van der Waals surface area contributed by atoms with E-state index in [1.165, 1.54) is 75.3 Å². The number of allylic oxidation sites excluding steroid dienone is 2. The topological polar surface area (TPSA) is 9.23 Å². The van der Waals surface area contributed by atoms with Crippen LogP contribution in [-0.2, 0) is 4.74 Å². The number of benzene rings is 1. The SMILES string of the molecule is CCCCCCCCCCCCOC1(CCBr)C=CC(c2ccccc2)=CC1. The zero-order valence-corrected chi connectivity index (χ0v) is 19.4. The van der Waals surface area contributed by atoms with Crippen LogP contribution < -0.4 is 0 Å². The molecule has 0 N–H and O–H groups in total. The highest BCUT2D eigenvalue weighted by Gasteiger charge is 2.28. The summed E-state index contributed by atoms with van der Waals surface area (Å²) in [5, 5.41) is 0.976.